The second kappa shape index (κ2) is 6.35. The number of benzene rings is 2. The minimum Gasteiger partial charge on any atom is -0.504 e. The van der Waals surface area contributed by atoms with Gasteiger partial charge in [-0.2, -0.15) is 5.26 Å². The lowest BCUT2D eigenvalue weighted by Gasteiger charge is -2.10. The lowest BCUT2D eigenvalue weighted by Crippen LogP contribution is -2.19. The molecule has 21 heavy (non-hydrogen) atoms. The second-order valence-corrected chi connectivity index (χ2v) is 4.90. The van der Waals surface area contributed by atoms with E-state index in [2.05, 4.69) is 10.6 Å². The maximum Gasteiger partial charge on any atom is 0.323 e. The predicted molar refractivity (Wildman–Crippen MR) is 81.9 cm³/mol. The van der Waals surface area contributed by atoms with E-state index in [4.69, 9.17) is 28.5 Å². The van der Waals surface area contributed by atoms with Crippen molar-refractivity contribution in [2.24, 2.45) is 0 Å². The highest BCUT2D eigenvalue weighted by atomic mass is 35.5. The van der Waals surface area contributed by atoms with Crippen LogP contribution in [0.2, 0.25) is 10.0 Å². The third-order valence-corrected chi connectivity index (χ3v) is 3.05. The number of nitrogens with zero attached hydrogens (tertiary/aromatic N) is 1. The van der Waals surface area contributed by atoms with Gasteiger partial charge in [0.25, 0.3) is 0 Å². The number of halogens is 2. The number of phenols is 1. The van der Waals surface area contributed by atoms with Crippen molar-refractivity contribution in [3.63, 3.8) is 0 Å². The Balaban J connectivity index is 2.10. The fourth-order valence-electron chi connectivity index (χ4n) is 1.57. The fourth-order valence-corrected chi connectivity index (χ4v) is 2.07. The van der Waals surface area contributed by atoms with Gasteiger partial charge in [0.15, 0.2) is 5.75 Å². The van der Waals surface area contributed by atoms with Gasteiger partial charge in [0, 0.05) is 10.7 Å². The van der Waals surface area contributed by atoms with Crippen LogP contribution in [-0.2, 0) is 0 Å². The summed E-state index contributed by atoms with van der Waals surface area (Å²) in [6.45, 7) is 0. The van der Waals surface area contributed by atoms with E-state index >= 15 is 0 Å². The number of carbonyl (C=O) groups excluding carboxylic acids is 1. The van der Waals surface area contributed by atoms with Crippen LogP contribution in [0, 0.1) is 11.3 Å². The van der Waals surface area contributed by atoms with E-state index in [1.807, 2.05) is 6.07 Å². The average molecular weight is 322 g/mol. The molecule has 0 aliphatic heterocycles. The highest BCUT2D eigenvalue weighted by molar-refractivity contribution is 6.36. The van der Waals surface area contributed by atoms with Gasteiger partial charge in [0.2, 0.25) is 0 Å². The first-order valence-electron chi connectivity index (χ1n) is 5.76. The zero-order valence-electron chi connectivity index (χ0n) is 10.5. The van der Waals surface area contributed by atoms with Crippen LogP contribution in [0.5, 0.6) is 5.75 Å². The Bertz CT molecular complexity index is 724. The van der Waals surface area contributed by atoms with Crippen molar-refractivity contribution in [3.8, 4) is 11.8 Å². The number of carbonyl (C=O) groups is 1. The van der Waals surface area contributed by atoms with Gasteiger partial charge in [-0.05, 0) is 36.4 Å². The van der Waals surface area contributed by atoms with Crippen LogP contribution in [0.3, 0.4) is 0 Å². The first-order valence-corrected chi connectivity index (χ1v) is 6.51. The Morgan fingerprint density at radius 1 is 1.14 bits per heavy atom. The molecule has 2 rings (SSSR count). The highest BCUT2D eigenvalue weighted by Gasteiger charge is 2.11. The first kappa shape index (κ1) is 15.0. The summed E-state index contributed by atoms with van der Waals surface area (Å²) in [5.41, 5.74) is 1.08. The van der Waals surface area contributed by atoms with Crippen molar-refractivity contribution in [2.45, 2.75) is 0 Å². The smallest absolute Gasteiger partial charge is 0.323 e. The molecule has 5 nitrogen and oxygen atoms in total. The third-order valence-electron chi connectivity index (χ3n) is 2.55. The lowest BCUT2D eigenvalue weighted by molar-refractivity contribution is 0.262. The molecular formula is C14H9Cl2N3O2. The molecular weight excluding hydrogens is 313 g/mol. The third kappa shape index (κ3) is 3.78. The maximum absolute atomic E-state index is 11.8. The van der Waals surface area contributed by atoms with Crippen molar-refractivity contribution in [3.05, 3.63) is 52.0 Å². The molecule has 0 unspecified atom stereocenters. The van der Waals surface area contributed by atoms with Crippen LogP contribution in [-0.4, -0.2) is 11.1 Å². The molecule has 0 saturated heterocycles. The average Bonchev–Trinajstić information content (AvgIpc) is 2.45. The Morgan fingerprint density at radius 3 is 2.43 bits per heavy atom. The van der Waals surface area contributed by atoms with Crippen molar-refractivity contribution in [1.82, 2.24) is 0 Å². The second-order valence-electron chi connectivity index (χ2n) is 4.05. The van der Waals surface area contributed by atoms with Gasteiger partial charge in [-0.1, -0.05) is 23.2 Å². The zero-order chi connectivity index (χ0) is 15.4. The molecule has 0 radical (unpaired) electrons. The van der Waals surface area contributed by atoms with Crippen molar-refractivity contribution in [2.75, 3.05) is 10.6 Å². The molecule has 2 aromatic carbocycles. The van der Waals surface area contributed by atoms with Gasteiger partial charge in [-0.15, -0.1) is 0 Å². The van der Waals surface area contributed by atoms with Gasteiger partial charge in [-0.3, -0.25) is 0 Å². The van der Waals surface area contributed by atoms with E-state index in [1.54, 1.807) is 24.3 Å². The Kier molecular flexibility index (Phi) is 4.53. The van der Waals surface area contributed by atoms with Crippen LogP contribution in [0.15, 0.2) is 36.4 Å². The summed E-state index contributed by atoms with van der Waals surface area (Å²) in [5.74, 6) is -0.268. The summed E-state index contributed by atoms with van der Waals surface area (Å²) in [6, 6.07) is 10.5. The van der Waals surface area contributed by atoms with Crippen molar-refractivity contribution < 1.29 is 9.90 Å². The molecule has 0 saturated carbocycles. The molecule has 2 amide bonds. The molecule has 106 valence electrons. The van der Waals surface area contributed by atoms with Crippen LogP contribution in [0.1, 0.15) is 5.56 Å². The highest BCUT2D eigenvalue weighted by Crippen LogP contribution is 2.35. The quantitative estimate of drug-likeness (QED) is 0.724. The molecule has 0 heterocycles. The van der Waals surface area contributed by atoms with E-state index in [0.717, 1.165) is 0 Å². The van der Waals surface area contributed by atoms with E-state index < -0.39 is 6.03 Å². The lowest BCUT2D eigenvalue weighted by atomic mass is 10.2. The van der Waals surface area contributed by atoms with E-state index in [1.165, 1.54) is 12.1 Å². The van der Waals surface area contributed by atoms with Crippen LogP contribution < -0.4 is 10.6 Å². The van der Waals surface area contributed by atoms with Gasteiger partial charge >= 0.3 is 6.03 Å². The number of aromatic hydroxyl groups is 1. The minimum absolute atomic E-state index is 0.0381. The molecule has 0 fully saturated rings. The largest absolute Gasteiger partial charge is 0.504 e. The Hall–Kier alpha value is -2.42. The van der Waals surface area contributed by atoms with Gasteiger partial charge in [0.1, 0.15) is 0 Å². The predicted octanol–water partition coefficient (Wildman–Crippen LogP) is 4.21. The normalized spacial score (nSPS) is 9.76. The number of phenolic OH excluding ortho intramolecular Hbond substituents is 1. The number of anilines is 2. The minimum atomic E-state index is -0.576. The molecule has 2 aromatic rings. The summed E-state index contributed by atoms with van der Waals surface area (Å²) in [6.07, 6.45) is 0. The summed E-state index contributed by atoms with van der Waals surface area (Å²) in [7, 11) is 0. The summed E-state index contributed by atoms with van der Waals surface area (Å²) < 4.78 is 0. The maximum atomic E-state index is 11.8. The molecule has 3 N–H and O–H groups in total. The van der Waals surface area contributed by atoms with Gasteiger partial charge in [0.05, 0.1) is 22.3 Å². The Morgan fingerprint density at radius 2 is 1.81 bits per heavy atom. The van der Waals surface area contributed by atoms with E-state index in [0.29, 0.717) is 11.3 Å². The summed E-state index contributed by atoms with van der Waals surface area (Å²) in [5, 5.41) is 23.7. The van der Waals surface area contributed by atoms with Crippen LogP contribution in [0.25, 0.3) is 0 Å². The number of rotatable bonds is 2. The molecule has 7 heteroatoms. The molecule has 0 aromatic heterocycles. The SMILES string of the molecule is N#Cc1ccc(NC(=O)Nc2cc(Cl)cc(Cl)c2O)cc1. The monoisotopic (exact) mass is 321 g/mol. The van der Waals surface area contributed by atoms with Crippen molar-refractivity contribution in [1.29, 1.82) is 5.26 Å². The number of hydrogen-bond acceptors (Lipinski definition) is 3. The molecule has 0 bridgehead atoms. The first-order chi connectivity index (χ1) is 9.99. The number of nitrogens with one attached hydrogen (secondary N) is 2. The topological polar surface area (TPSA) is 85.2 Å². The molecule has 0 spiro atoms. The number of amides is 2. The van der Waals surface area contributed by atoms with Crippen LogP contribution in [0.4, 0.5) is 16.2 Å². The number of nitriles is 1. The van der Waals surface area contributed by atoms with E-state index in [9.17, 15) is 9.90 Å². The fraction of sp³-hybridized carbons (Fsp3) is 0. The standard InChI is InChI=1S/C14H9Cl2N3O2/c15-9-5-11(16)13(20)12(6-9)19-14(21)18-10-3-1-8(7-17)2-4-10/h1-6,20H,(H2,18,19,21). The summed E-state index contributed by atoms with van der Waals surface area (Å²) in [4.78, 5) is 11.8. The number of hydrogen-bond donors (Lipinski definition) is 3. The van der Waals surface area contributed by atoms with Gasteiger partial charge in [-0.25, -0.2) is 4.79 Å². The number of urea groups is 1. The van der Waals surface area contributed by atoms with Crippen LogP contribution >= 0.6 is 23.2 Å². The van der Waals surface area contributed by atoms with E-state index in [-0.39, 0.29) is 21.5 Å². The van der Waals surface area contributed by atoms with Gasteiger partial charge < -0.3 is 15.7 Å². The Labute approximate surface area is 130 Å². The molecule has 0 aliphatic carbocycles. The zero-order valence-corrected chi connectivity index (χ0v) is 12.0. The summed E-state index contributed by atoms with van der Waals surface area (Å²) >= 11 is 11.6. The molecule has 0 aliphatic rings. The molecule has 0 atom stereocenters. The van der Waals surface area contributed by atoms with Crippen molar-refractivity contribution >= 4 is 40.6 Å².